The van der Waals surface area contributed by atoms with Crippen molar-refractivity contribution in [3.05, 3.63) is 42.1 Å². The molecule has 0 atom stereocenters. The van der Waals surface area contributed by atoms with Gasteiger partial charge in [0.2, 0.25) is 0 Å². The number of aryl methyl sites for hydroxylation is 1. The van der Waals surface area contributed by atoms with Crippen LogP contribution in [0.15, 0.2) is 36.4 Å². The molecule has 0 fully saturated rings. The number of fused-ring (bicyclic) bond motifs is 1. The Labute approximate surface area is 105 Å². The first kappa shape index (κ1) is 12.1. The Morgan fingerprint density at radius 3 is 2.72 bits per heavy atom. The summed E-state index contributed by atoms with van der Waals surface area (Å²) in [7, 11) is 0. The molecule has 92 valence electrons. The van der Waals surface area contributed by atoms with Gasteiger partial charge in [0, 0.05) is 16.7 Å². The van der Waals surface area contributed by atoms with Crippen molar-refractivity contribution in [1.82, 2.24) is 4.98 Å². The number of phenolic OH excluding ortho intramolecular Hbond substituents is 1. The third kappa shape index (κ3) is 2.18. The zero-order valence-electron chi connectivity index (χ0n) is 10.2. The van der Waals surface area contributed by atoms with E-state index in [1.165, 1.54) is 12.1 Å². The number of nitrogens with zero attached hydrogens (tertiary/aromatic N) is 1. The highest BCUT2D eigenvalue weighted by atomic mass is 16.5. The molecule has 1 heterocycles. The molecule has 0 spiro atoms. The van der Waals surface area contributed by atoms with E-state index in [1.54, 1.807) is 19.1 Å². The Morgan fingerprint density at radius 2 is 2.06 bits per heavy atom. The van der Waals surface area contributed by atoms with E-state index in [4.69, 9.17) is 4.74 Å². The van der Waals surface area contributed by atoms with Crippen molar-refractivity contribution < 1.29 is 14.6 Å². The van der Waals surface area contributed by atoms with Crippen LogP contribution in [0.5, 0.6) is 11.5 Å². The minimum atomic E-state index is -0.498. The van der Waals surface area contributed by atoms with Gasteiger partial charge in [-0.1, -0.05) is 6.58 Å². The van der Waals surface area contributed by atoms with Crippen molar-refractivity contribution in [2.24, 2.45) is 0 Å². The van der Waals surface area contributed by atoms with Crippen molar-refractivity contribution in [1.29, 1.82) is 0 Å². The van der Waals surface area contributed by atoms with E-state index in [1.807, 2.05) is 6.92 Å². The molecule has 18 heavy (non-hydrogen) atoms. The Kier molecular flexibility index (Phi) is 3.02. The van der Waals surface area contributed by atoms with Gasteiger partial charge >= 0.3 is 5.97 Å². The van der Waals surface area contributed by atoms with E-state index in [0.29, 0.717) is 22.2 Å². The number of benzene rings is 1. The largest absolute Gasteiger partial charge is 0.506 e. The van der Waals surface area contributed by atoms with E-state index in [2.05, 4.69) is 11.6 Å². The summed E-state index contributed by atoms with van der Waals surface area (Å²) in [6.45, 7) is 6.92. The molecule has 0 aliphatic rings. The van der Waals surface area contributed by atoms with Gasteiger partial charge in [0.25, 0.3) is 0 Å². The fraction of sp³-hybridized carbons (Fsp3) is 0.143. The lowest BCUT2D eigenvalue weighted by molar-refractivity contribution is -0.129. The number of carbonyl (C=O) groups excluding carboxylic acids is 1. The van der Waals surface area contributed by atoms with E-state index in [-0.39, 0.29) is 5.75 Å². The van der Waals surface area contributed by atoms with Gasteiger partial charge in [-0.25, -0.2) is 9.78 Å². The number of aromatic hydroxyl groups is 1. The van der Waals surface area contributed by atoms with Crippen LogP contribution in [0, 0.1) is 6.92 Å². The topological polar surface area (TPSA) is 59.4 Å². The Morgan fingerprint density at radius 1 is 1.33 bits per heavy atom. The predicted molar refractivity (Wildman–Crippen MR) is 68.6 cm³/mol. The highest BCUT2D eigenvalue weighted by molar-refractivity contribution is 5.95. The standard InChI is InChI=1S/C14H13NO3/c1-8(2)14(17)18-12-7-6-11(16)13-10(12)5-4-9(3)15-13/h4-7,16H,1H2,2-3H3. The van der Waals surface area contributed by atoms with E-state index in [0.717, 1.165) is 5.69 Å². The minimum absolute atomic E-state index is 0.0591. The maximum atomic E-state index is 11.5. The number of carbonyl (C=O) groups is 1. The van der Waals surface area contributed by atoms with E-state index < -0.39 is 5.97 Å². The minimum Gasteiger partial charge on any atom is -0.506 e. The second-order valence-corrected chi connectivity index (χ2v) is 4.10. The first-order valence-electron chi connectivity index (χ1n) is 5.46. The van der Waals surface area contributed by atoms with Gasteiger partial charge in [-0.3, -0.25) is 0 Å². The maximum Gasteiger partial charge on any atom is 0.338 e. The molecule has 0 aliphatic heterocycles. The quantitative estimate of drug-likeness (QED) is 0.500. The van der Waals surface area contributed by atoms with Crippen molar-refractivity contribution in [2.75, 3.05) is 0 Å². The number of esters is 1. The summed E-state index contributed by atoms with van der Waals surface area (Å²) in [5.41, 5.74) is 1.51. The van der Waals surface area contributed by atoms with E-state index in [9.17, 15) is 9.90 Å². The molecule has 0 bridgehead atoms. The van der Waals surface area contributed by atoms with Crippen LogP contribution in [0.3, 0.4) is 0 Å². The van der Waals surface area contributed by atoms with Crippen LogP contribution in [0.1, 0.15) is 12.6 Å². The third-order valence-electron chi connectivity index (χ3n) is 2.49. The molecule has 0 aliphatic carbocycles. The van der Waals surface area contributed by atoms with Gasteiger partial charge in [-0.05, 0) is 38.1 Å². The molecule has 0 saturated heterocycles. The summed E-state index contributed by atoms with van der Waals surface area (Å²) in [5, 5.41) is 10.3. The molecule has 0 amide bonds. The number of pyridine rings is 1. The van der Waals surface area contributed by atoms with Crippen LogP contribution in [-0.4, -0.2) is 16.1 Å². The first-order valence-corrected chi connectivity index (χ1v) is 5.46. The number of hydrogen-bond acceptors (Lipinski definition) is 4. The van der Waals surface area contributed by atoms with Crippen LogP contribution < -0.4 is 4.74 Å². The Hall–Kier alpha value is -2.36. The molecular formula is C14H13NO3. The second-order valence-electron chi connectivity index (χ2n) is 4.10. The van der Waals surface area contributed by atoms with E-state index >= 15 is 0 Å². The number of rotatable bonds is 2. The van der Waals surface area contributed by atoms with Crippen LogP contribution in [0.2, 0.25) is 0 Å². The van der Waals surface area contributed by atoms with Gasteiger partial charge < -0.3 is 9.84 Å². The zero-order chi connectivity index (χ0) is 13.3. The van der Waals surface area contributed by atoms with Crippen LogP contribution in [0.4, 0.5) is 0 Å². The number of aromatic nitrogens is 1. The molecule has 4 nitrogen and oxygen atoms in total. The summed E-state index contributed by atoms with van der Waals surface area (Å²) < 4.78 is 5.19. The lowest BCUT2D eigenvalue weighted by Gasteiger charge is -2.08. The van der Waals surface area contributed by atoms with Crippen molar-refractivity contribution in [2.45, 2.75) is 13.8 Å². The van der Waals surface area contributed by atoms with Crippen LogP contribution in [0.25, 0.3) is 10.9 Å². The molecule has 0 unspecified atom stereocenters. The summed E-state index contributed by atoms with van der Waals surface area (Å²) in [5.74, 6) is -0.0744. The number of hydrogen-bond donors (Lipinski definition) is 1. The number of phenols is 1. The molecule has 4 heteroatoms. The normalized spacial score (nSPS) is 10.3. The van der Waals surface area contributed by atoms with Gasteiger partial charge in [-0.2, -0.15) is 0 Å². The first-order chi connectivity index (χ1) is 8.49. The Bertz CT molecular complexity index is 647. The summed E-state index contributed by atoms with van der Waals surface area (Å²) in [6, 6.07) is 6.55. The average Bonchev–Trinajstić information content (AvgIpc) is 2.32. The monoisotopic (exact) mass is 243 g/mol. The Balaban J connectivity index is 2.56. The fourth-order valence-electron chi connectivity index (χ4n) is 1.55. The number of ether oxygens (including phenoxy) is 1. The molecule has 2 rings (SSSR count). The molecular weight excluding hydrogens is 230 g/mol. The highest BCUT2D eigenvalue weighted by Crippen LogP contribution is 2.31. The zero-order valence-corrected chi connectivity index (χ0v) is 10.2. The fourth-order valence-corrected chi connectivity index (χ4v) is 1.55. The summed E-state index contributed by atoms with van der Waals surface area (Å²) in [6.07, 6.45) is 0. The molecule has 1 aromatic heterocycles. The molecule has 0 saturated carbocycles. The van der Waals surface area contributed by atoms with Gasteiger partial charge in [0.05, 0.1) is 0 Å². The van der Waals surface area contributed by atoms with Crippen molar-refractivity contribution >= 4 is 16.9 Å². The van der Waals surface area contributed by atoms with Gasteiger partial charge in [0.15, 0.2) is 0 Å². The highest BCUT2D eigenvalue weighted by Gasteiger charge is 2.12. The maximum absolute atomic E-state index is 11.5. The lowest BCUT2D eigenvalue weighted by atomic mass is 10.1. The second kappa shape index (κ2) is 4.49. The molecule has 1 aromatic carbocycles. The lowest BCUT2D eigenvalue weighted by Crippen LogP contribution is -2.08. The smallest absolute Gasteiger partial charge is 0.338 e. The van der Waals surface area contributed by atoms with Gasteiger partial charge in [0.1, 0.15) is 17.0 Å². The third-order valence-corrected chi connectivity index (χ3v) is 2.49. The molecule has 0 radical (unpaired) electrons. The summed E-state index contributed by atoms with van der Waals surface area (Å²) in [4.78, 5) is 15.7. The van der Waals surface area contributed by atoms with Crippen molar-refractivity contribution in [3.63, 3.8) is 0 Å². The van der Waals surface area contributed by atoms with Crippen LogP contribution >= 0.6 is 0 Å². The molecule has 2 aromatic rings. The SMILES string of the molecule is C=C(C)C(=O)Oc1ccc(O)c2nc(C)ccc12. The summed E-state index contributed by atoms with van der Waals surface area (Å²) >= 11 is 0. The van der Waals surface area contributed by atoms with Gasteiger partial charge in [-0.15, -0.1) is 0 Å². The van der Waals surface area contributed by atoms with Crippen molar-refractivity contribution in [3.8, 4) is 11.5 Å². The molecule has 1 N–H and O–H groups in total. The predicted octanol–water partition coefficient (Wildman–Crippen LogP) is 2.73. The van der Waals surface area contributed by atoms with Crippen LogP contribution in [-0.2, 0) is 4.79 Å². The average molecular weight is 243 g/mol.